The smallest absolute Gasteiger partial charge is 0.338 e. The quantitative estimate of drug-likeness (QED) is 0.383. The number of fused-ring (bicyclic) bond motifs is 1. The molecule has 2 heterocycles. The van der Waals surface area contributed by atoms with Crippen LogP contribution in [0.2, 0.25) is 5.02 Å². The highest BCUT2D eigenvalue weighted by atomic mass is 35.5. The van der Waals surface area contributed by atoms with Gasteiger partial charge in [0.1, 0.15) is 18.2 Å². The zero-order valence-corrected chi connectivity index (χ0v) is 20.0. The van der Waals surface area contributed by atoms with Gasteiger partial charge in [-0.05, 0) is 42.8 Å². The summed E-state index contributed by atoms with van der Waals surface area (Å²) < 4.78 is 26.6. The maximum absolute atomic E-state index is 14.4. The van der Waals surface area contributed by atoms with E-state index in [2.05, 4.69) is 11.6 Å². The topological polar surface area (TPSA) is 69.9 Å². The lowest BCUT2D eigenvalue weighted by Crippen LogP contribution is -2.40. The molecule has 0 N–H and O–H groups in total. The number of ether oxygens (including phenoxy) is 2. The summed E-state index contributed by atoms with van der Waals surface area (Å²) in [4.78, 5) is 31.4. The number of hydrogen-bond acceptors (Lipinski definition) is 6. The van der Waals surface area contributed by atoms with E-state index in [0.717, 1.165) is 11.3 Å². The normalized spacial score (nSPS) is 15.5. The van der Waals surface area contributed by atoms with Crippen molar-refractivity contribution in [3.05, 3.63) is 108 Å². The van der Waals surface area contributed by atoms with E-state index in [4.69, 9.17) is 21.1 Å². The SMILES string of the molecule is C=CCOC(=O)C1=C(C)N=c2s/c(=C\c3c(F)cccc3Cl)c(=O)n2[C@@H]1c1ccc(OC)cc1. The second-order valence-corrected chi connectivity index (χ2v) is 8.79. The van der Waals surface area contributed by atoms with E-state index >= 15 is 0 Å². The molecule has 2 aromatic carbocycles. The molecular weight excluding hydrogens is 479 g/mol. The highest BCUT2D eigenvalue weighted by Crippen LogP contribution is 2.31. The highest BCUT2D eigenvalue weighted by molar-refractivity contribution is 7.07. The molecular formula is C25H20ClFN2O4S. The third-order valence-corrected chi connectivity index (χ3v) is 6.59. The summed E-state index contributed by atoms with van der Waals surface area (Å²) in [5.41, 5.74) is 1.00. The molecule has 6 nitrogen and oxygen atoms in total. The molecule has 1 aliphatic heterocycles. The summed E-state index contributed by atoms with van der Waals surface area (Å²) >= 11 is 7.25. The molecule has 0 saturated heterocycles. The van der Waals surface area contributed by atoms with Crippen LogP contribution >= 0.6 is 22.9 Å². The Balaban J connectivity index is 1.95. The van der Waals surface area contributed by atoms with Gasteiger partial charge in [-0.15, -0.1) is 0 Å². The molecule has 0 spiro atoms. The lowest BCUT2D eigenvalue weighted by molar-refractivity contribution is -0.138. The van der Waals surface area contributed by atoms with Crippen molar-refractivity contribution in [1.29, 1.82) is 0 Å². The Hall–Kier alpha value is -3.49. The van der Waals surface area contributed by atoms with E-state index in [-0.39, 0.29) is 27.3 Å². The molecule has 0 unspecified atom stereocenters. The monoisotopic (exact) mass is 498 g/mol. The van der Waals surface area contributed by atoms with E-state index in [1.165, 1.54) is 28.9 Å². The fourth-order valence-electron chi connectivity index (χ4n) is 3.68. The zero-order chi connectivity index (χ0) is 24.4. The number of carbonyl (C=O) groups is 1. The van der Waals surface area contributed by atoms with Crippen LogP contribution in [-0.2, 0) is 9.53 Å². The Morgan fingerprint density at radius 3 is 2.68 bits per heavy atom. The molecule has 0 bridgehead atoms. The van der Waals surface area contributed by atoms with Crippen molar-refractivity contribution in [3.63, 3.8) is 0 Å². The van der Waals surface area contributed by atoms with E-state index < -0.39 is 23.4 Å². The minimum absolute atomic E-state index is 0.0150. The van der Waals surface area contributed by atoms with Crippen LogP contribution in [0.3, 0.4) is 0 Å². The van der Waals surface area contributed by atoms with Crippen LogP contribution in [0, 0.1) is 5.82 Å². The summed E-state index contributed by atoms with van der Waals surface area (Å²) in [6.07, 6.45) is 2.87. The molecule has 1 aliphatic rings. The Labute approximate surface area is 203 Å². The van der Waals surface area contributed by atoms with Crippen molar-refractivity contribution in [2.75, 3.05) is 13.7 Å². The van der Waals surface area contributed by atoms with E-state index in [0.29, 0.717) is 21.8 Å². The van der Waals surface area contributed by atoms with Crippen LogP contribution in [0.15, 0.2) is 76.2 Å². The van der Waals surface area contributed by atoms with Crippen LogP contribution in [-0.4, -0.2) is 24.3 Å². The first kappa shape index (κ1) is 23.7. The number of halogens is 2. The minimum Gasteiger partial charge on any atom is -0.497 e. The maximum Gasteiger partial charge on any atom is 0.338 e. The van der Waals surface area contributed by atoms with Gasteiger partial charge in [-0.25, -0.2) is 14.2 Å². The van der Waals surface area contributed by atoms with E-state index in [9.17, 15) is 14.0 Å². The second-order valence-electron chi connectivity index (χ2n) is 7.38. The van der Waals surface area contributed by atoms with Gasteiger partial charge in [-0.2, -0.15) is 0 Å². The van der Waals surface area contributed by atoms with Crippen LogP contribution in [0.5, 0.6) is 5.75 Å². The van der Waals surface area contributed by atoms with Gasteiger partial charge in [-0.3, -0.25) is 9.36 Å². The van der Waals surface area contributed by atoms with Gasteiger partial charge >= 0.3 is 5.97 Å². The lowest BCUT2D eigenvalue weighted by atomic mass is 9.96. The summed E-state index contributed by atoms with van der Waals surface area (Å²) in [6, 6.07) is 10.5. The maximum atomic E-state index is 14.4. The first-order chi connectivity index (χ1) is 16.3. The van der Waals surface area contributed by atoms with Crippen molar-refractivity contribution < 1.29 is 18.7 Å². The van der Waals surface area contributed by atoms with Gasteiger partial charge in [0.25, 0.3) is 5.56 Å². The molecule has 3 aromatic rings. The summed E-state index contributed by atoms with van der Waals surface area (Å²) in [5.74, 6) is -0.523. The number of carbonyl (C=O) groups excluding carboxylic acids is 1. The van der Waals surface area contributed by atoms with Gasteiger partial charge in [0.15, 0.2) is 4.80 Å². The number of allylic oxidation sites excluding steroid dienone is 1. The fraction of sp³-hybridized carbons (Fsp3) is 0.160. The molecule has 0 amide bonds. The lowest BCUT2D eigenvalue weighted by Gasteiger charge is -2.24. The van der Waals surface area contributed by atoms with Crippen molar-refractivity contribution >= 4 is 35.0 Å². The Morgan fingerprint density at radius 1 is 1.29 bits per heavy atom. The highest BCUT2D eigenvalue weighted by Gasteiger charge is 2.33. The molecule has 0 radical (unpaired) electrons. The van der Waals surface area contributed by atoms with Crippen molar-refractivity contribution in [1.82, 2.24) is 4.57 Å². The zero-order valence-electron chi connectivity index (χ0n) is 18.4. The van der Waals surface area contributed by atoms with E-state index in [1.807, 2.05) is 0 Å². The van der Waals surface area contributed by atoms with Crippen LogP contribution < -0.4 is 19.6 Å². The van der Waals surface area contributed by atoms with Gasteiger partial charge in [0.05, 0.1) is 34.0 Å². The Morgan fingerprint density at radius 2 is 2.03 bits per heavy atom. The largest absolute Gasteiger partial charge is 0.497 e. The molecule has 0 saturated carbocycles. The number of rotatable bonds is 6. The van der Waals surface area contributed by atoms with Crippen molar-refractivity contribution in [2.24, 2.45) is 4.99 Å². The van der Waals surface area contributed by atoms with Gasteiger partial charge in [0.2, 0.25) is 0 Å². The molecule has 0 aliphatic carbocycles. The molecule has 34 heavy (non-hydrogen) atoms. The second kappa shape index (κ2) is 9.79. The first-order valence-electron chi connectivity index (χ1n) is 10.2. The number of thiazole rings is 1. The Kier molecular flexibility index (Phi) is 6.81. The third kappa shape index (κ3) is 4.34. The first-order valence-corrected chi connectivity index (χ1v) is 11.4. The van der Waals surface area contributed by atoms with Gasteiger partial charge in [0, 0.05) is 5.56 Å². The van der Waals surface area contributed by atoms with Crippen molar-refractivity contribution in [3.8, 4) is 5.75 Å². The Bertz CT molecular complexity index is 1470. The van der Waals surface area contributed by atoms with Gasteiger partial charge < -0.3 is 9.47 Å². The van der Waals surface area contributed by atoms with Crippen LogP contribution in [0.4, 0.5) is 4.39 Å². The molecule has 1 atom stereocenters. The predicted octanol–water partition coefficient (Wildman–Crippen LogP) is 3.77. The van der Waals surface area contributed by atoms with Crippen LogP contribution in [0.1, 0.15) is 24.1 Å². The fourth-order valence-corrected chi connectivity index (χ4v) is 4.92. The number of benzene rings is 2. The number of hydrogen-bond donors (Lipinski definition) is 0. The number of methoxy groups -OCH3 is 1. The number of esters is 1. The molecule has 4 rings (SSSR count). The van der Waals surface area contributed by atoms with E-state index in [1.54, 1.807) is 44.4 Å². The molecule has 174 valence electrons. The molecule has 1 aromatic heterocycles. The van der Waals surface area contributed by atoms with Crippen molar-refractivity contribution in [2.45, 2.75) is 13.0 Å². The standard InChI is InChI=1S/C25H20ClFN2O4S/c1-4-12-33-24(31)21-14(2)28-25-29(22(21)15-8-10-16(32-3)11-9-15)23(30)20(34-25)13-17-18(26)6-5-7-19(17)27/h4-11,13,22H,1,12H2,2-3H3/b20-13-/t22-/m1/s1. The summed E-state index contributed by atoms with van der Waals surface area (Å²) in [6.45, 7) is 5.27. The third-order valence-electron chi connectivity index (χ3n) is 5.28. The molecule has 0 fully saturated rings. The predicted molar refractivity (Wildman–Crippen MR) is 129 cm³/mol. The van der Waals surface area contributed by atoms with Crippen LogP contribution in [0.25, 0.3) is 6.08 Å². The molecule has 9 heteroatoms. The minimum atomic E-state index is -0.794. The average Bonchev–Trinajstić information content (AvgIpc) is 3.13. The average molecular weight is 499 g/mol. The number of aromatic nitrogens is 1. The van der Waals surface area contributed by atoms with Gasteiger partial charge in [-0.1, -0.05) is 53.8 Å². The summed E-state index contributed by atoms with van der Waals surface area (Å²) in [5, 5.41) is 0.183. The summed E-state index contributed by atoms with van der Waals surface area (Å²) in [7, 11) is 1.55. The number of nitrogens with zero attached hydrogens (tertiary/aromatic N) is 2.